The number of benzene rings is 1. The predicted octanol–water partition coefficient (Wildman–Crippen LogP) is 3.16. The van der Waals surface area contributed by atoms with Crippen LogP contribution in [0, 0.1) is 0 Å². The lowest BCUT2D eigenvalue weighted by atomic mass is 10.1. The zero-order valence-corrected chi connectivity index (χ0v) is 11.6. The third-order valence-electron chi connectivity index (χ3n) is 2.92. The molecule has 1 aromatic carbocycles. The zero-order chi connectivity index (χ0) is 14.2. The van der Waals surface area contributed by atoms with E-state index in [0.717, 1.165) is 30.5 Å². The summed E-state index contributed by atoms with van der Waals surface area (Å²) < 4.78 is 5.26. The molecule has 20 heavy (non-hydrogen) atoms. The normalized spacial score (nSPS) is 10.2. The highest BCUT2D eigenvalue weighted by molar-refractivity contribution is 5.72. The molecule has 0 aliphatic rings. The van der Waals surface area contributed by atoms with E-state index in [1.165, 1.54) is 0 Å². The Bertz CT molecular complexity index is 538. The fourth-order valence-corrected chi connectivity index (χ4v) is 1.81. The fraction of sp³-hybridized carbons (Fsp3) is 0.312. The van der Waals surface area contributed by atoms with Gasteiger partial charge in [0.25, 0.3) is 0 Å². The SMILES string of the molecule is CCCCC(=O)Oc1ccc(Cc2ccncn2)cc1. The summed E-state index contributed by atoms with van der Waals surface area (Å²) in [4.78, 5) is 19.6. The lowest BCUT2D eigenvalue weighted by Crippen LogP contribution is -2.07. The molecule has 0 atom stereocenters. The number of unbranched alkanes of at least 4 members (excludes halogenated alkanes) is 1. The van der Waals surface area contributed by atoms with Crippen LogP contribution in [0.3, 0.4) is 0 Å². The molecular formula is C16H18N2O2. The van der Waals surface area contributed by atoms with Crippen LogP contribution in [0.15, 0.2) is 42.9 Å². The average molecular weight is 270 g/mol. The number of ether oxygens (including phenoxy) is 1. The van der Waals surface area contributed by atoms with Gasteiger partial charge in [-0.3, -0.25) is 4.79 Å². The molecule has 0 bridgehead atoms. The van der Waals surface area contributed by atoms with Gasteiger partial charge in [0, 0.05) is 24.7 Å². The topological polar surface area (TPSA) is 52.1 Å². The molecule has 0 saturated heterocycles. The van der Waals surface area contributed by atoms with Crippen molar-refractivity contribution in [2.24, 2.45) is 0 Å². The van der Waals surface area contributed by atoms with Crippen molar-refractivity contribution >= 4 is 5.97 Å². The number of nitrogens with zero attached hydrogens (tertiary/aromatic N) is 2. The Hall–Kier alpha value is -2.23. The molecule has 1 aromatic heterocycles. The first-order valence-corrected chi connectivity index (χ1v) is 6.82. The van der Waals surface area contributed by atoms with Gasteiger partial charge in [0.1, 0.15) is 12.1 Å². The molecule has 0 aliphatic heterocycles. The van der Waals surface area contributed by atoms with Crippen LogP contribution < -0.4 is 4.74 Å². The highest BCUT2D eigenvalue weighted by atomic mass is 16.5. The van der Waals surface area contributed by atoms with E-state index in [4.69, 9.17) is 4.74 Å². The molecule has 0 aliphatic carbocycles. The highest BCUT2D eigenvalue weighted by Gasteiger charge is 2.04. The van der Waals surface area contributed by atoms with Crippen molar-refractivity contribution in [1.29, 1.82) is 0 Å². The Balaban J connectivity index is 1.91. The zero-order valence-electron chi connectivity index (χ0n) is 11.6. The molecule has 0 radical (unpaired) electrons. The van der Waals surface area contributed by atoms with E-state index in [9.17, 15) is 4.79 Å². The summed E-state index contributed by atoms with van der Waals surface area (Å²) in [7, 11) is 0. The molecule has 0 amide bonds. The van der Waals surface area contributed by atoms with Gasteiger partial charge in [-0.2, -0.15) is 0 Å². The molecule has 4 nitrogen and oxygen atoms in total. The minimum atomic E-state index is -0.171. The predicted molar refractivity (Wildman–Crippen MR) is 76.4 cm³/mol. The molecule has 0 saturated carbocycles. The summed E-state index contributed by atoms with van der Waals surface area (Å²) in [6.45, 7) is 2.05. The fourth-order valence-electron chi connectivity index (χ4n) is 1.81. The van der Waals surface area contributed by atoms with Crippen molar-refractivity contribution in [3.8, 4) is 5.75 Å². The van der Waals surface area contributed by atoms with Gasteiger partial charge >= 0.3 is 5.97 Å². The van der Waals surface area contributed by atoms with Crippen LogP contribution in [0.5, 0.6) is 5.75 Å². The molecule has 0 unspecified atom stereocenters. The summed E-state index contributed by atoms with van der Waals surface area (Å²) in [5.74, 6) is 0.424. The average Bonchev–Trinajstić information content (AvgIpc) is 2.48. The quantitative estimate of drug-likeness (QED) is 0.597. The first kappa shape index (κ1) is 14.2. The summed E-state index contributed by atoms with van der Waals surface area (Å²) in [5, 5.41) is 0. The molecule has 0 spiro atoms. The maximum Gasteiger partial charge on any atom is 0.311 e. The Kier molecular flexibility index (Phi) is 5.24. The van der Waals surface area contributed by atoms with E-state index < -0.39 is 0 Å². The van der Waals surface area contributed by atoms with Gasteiger partial charge in [0.2, 0.25) is 0 Å². The van der Waals surface area contributed by atoms with E-state index >= 15 is 0 Å². The second kappa shape index (κ2) is 7.38. The largest absolute Gasteiger partial charge is 0.427 e. The standard InChI is InChI=1S/C16H18N2O2/c1-2-3-4-16(19)20-15-7-5-13(6-8-15)11-14-9-10-17-12-18-14/h5-10,12H,2-4,11H2,1H3. The minimum absolute atomic E-state index is 0.171. The molecule has 1 heterocycles. The molecule has 4 heteroatoms. The Morgan fingerprint density at radius 1 is 1.20 bits per heavy atom. The third-order valence-corrected chi connectivity index (χ3v) is 2.92. The maximum absolute atomic E-state index is 11.5. The van der Waals surface area contributed by atoms with Gasteiger partial charge < -0.3 is 4.74 Å². The van der Waals surface area contributed by atoms with Crippen LogP contribution in [-0.4, -0.2) is 15.9 Å². The molecule has 104 valence electrons. The molecule has 0 N–H and O–H groups in total. The van der Waals surface area contributed by atoms with Crippen LogP contribution >= 0.6 is 0 Å². The monoisotopic (exact) mass is 270 g/mol. The van der Waals surface area contributed by atoms with Crippen LogP contribution in [-0.2, 0) is 11.2 Å². The second-order valence-electron chi connectivity index (χ2n) is 4.60. The third kappa shape index (κ3) is 4.46. The lowest BCUT2D eigenvalue weighted by Gasteiger charge is -2.05. The Morgan fingerprint density at radius 2 is 2.00 bits per heavy atom. The minimum Gasteiger partial charge on any atom is -0.427 e. The summed E-state index contributed by atoms with van der Waals surface area (Å²) in [6, 6.07) is 9.43. The van der Waals surface area contributed by atoms with Crippen molar-refractivity contribution in [3.63, 3.8) is 0 Å². The van der Waals surface area contributed by atoms with E-state index in [0.29, 0.717) is 12.2 Å². The van der Waals surface area contributed by atoms with Crippen molar-refractivity contribution in [3.05, 3.63) is 54.1 Å². The maximum atomic E-state index is 11.5. The Labute approximate surface area is 118 Å². The van der Waals surface area contributed by atoms with E-state index in [1.807, 2.05) is 30.3 Å². The van der Waals surface area contributed by atoms with Crippen molar-refractivity contribution < 1.29 is 9.53 Å². The van der Waals surface area contributed by atoms with E-state index in [1.54, 1.807) is 12.5 Å². The summed E-state index contributed by atoms with van der Waals surface area (Å²) >= 11 is 0. The molecule has 2 aromatic rings. The van der Waals surface area contributed by atoms with Crippen molar-refractivity contribution in [2.45, 2.75) is 32.6 Å². The number of esters is 1. The smallest absolute Gasteiger partial charge is 0.311 e. The number of hydrogen-bond acceptors (Lipinski definition) is 4. The highest BCUT2D eigenvalue weighted by Crippen LogP contribution is 2.15. The van der Waals surface area contributed by atoms with Crippen molar-refractivity contribution in [2.75, 3.05) is 0 Å². The lowest BCUT2D eigenvalue weighted by molar-refractivity contribution is -0.134. The number of rotatable bonds is 6. The van der Waals surface area contributed by atoms with Crippen LogP contribution in [0.1, 0.15) is 37.4 Å². The van der Waals surface area contributed by atoms with Crippen molar-refractivity contribution in [1.82, 2.24) is 9.97 Å². The van der Waals surface area contributed by atoms with Gasteiger partial charge in [-0.15, -0.1) is 0 Å². The van der Waals surface area contributed by atoms with Gasteiger partial charge in [-0.05, 0) is 30.2 Å². The molecular weight excluding hydrogens is 252 g/mol. The summed E-state index contributed by atoms with van der Waals surface area (Å²) in [5.41, 5.74) is 2.09. The van der Waals surface area contributed by atoms with Gasteiger partial charge in [0.15, 0.2) is 0 Å². The van der Waals surface area contributed by atoms with E-state index in [2.05, 4.69) is 16.9 Å². The first-order chi connectivity index (χ1) is 9.78. The van der Waals surface area contributed by atoms with Crippen LogP contribution in [0.25, 0.3) is 0 Å². The van der Waals surface area contributed by atoms with Gasteiger partial charge in [-0.1, -0.05) is 25.5 Å². The van der Waals surface area contributed by atoms with E-state index in [-0.39, 0.29) is 5.97 Å². The Morgan fingerprint density at radius 3 is 2.65 bits per heavy atom. The van der Waals surface area contributed by atoms with Gasteiger partial charge in [0.05, 0.1) is 0 Å². The van der Waals surface area contributed by atoms with Crippen LogP contribution in [0.4, 0.5) is 0 Å². The molecule has 0 fully saturated rings. The number of aromatic nitrogens is 2. The van der Waals surface area contributed by atoms with Crippen LogP contribution in [0.2, 0.25) is 0 Å². The molecule has 2 rings (SSSR count). The van der Waals surface area contributed by atoms with Gasteiger partial charge in [-0.25, -0.2) is 9.97 Å². The summed E-state index contributed by atoms with van der Waals surface area (Å²) in [6.07, 6.45) is 6.34. The number of hydrogen-bond donors (Lipinski definition) is 0. The second-order valence-corrected chi connectivity index (χ2v) is 4.60. The number of carbonyl (C=O) groups is 1. The number of carbonyl (C=O) groups excluding carboxylic acids is 1. The first-order valence-electron chi connectivity index (χ1n) is 6.82.